The molecule has 2 amide bonds. The van der Waals surface area contributed by atoms with E-state index in [0.717, 1.165) is 11.1 Å². The fraction of sp³-hybridized carbons (Fsp3) is 0.364. The molecule has 0 saturated heterocycles. The summed E-state index contributed by atoms with van der Waals surface area (Å²) in [6.07, 6.45) is 0. The minimum Gasteiger partial charge on any atom is -0.352 e. The molecule has 0 heterocycles. The van der Waals surface area contributed by atoms with Crippen LogP contribution in [0.3, 0.4) is 0 Å². The average Bonchev–Trinajstić information content (AvgIpc) is 2.66. The van der Waals surface area contributed by atoms with Crippen LogP contribution in [0.25, 0.3) is 0 Å². The number of amides is 2. The summed E-state index contributed by atoms with van der Waals surface area (Å²) >= 11 is 7.50. The van der Waals surface area contributed by atoms with Gasteiger partial charge in [0.25, 0.3) is 0 Å². The Morgan fingerprint density at radius 3 is 2.41 bits per heavy atom. The number of hydrogen-bond donors (Lipinski definition) is 1. The number of nitrogens with one attached hydrogen (secondary N) is 1. The molecule has 0 bridgehead atoms. The Kier molecular flexibility index (Phi) is 8.99. The third kappa shape index (κ3) is 7.71. The van der Waals surface area contributed by atoms with Crippen LogP contribution >= 0.6 is 23.4 Å². The second kappa shape index (κ2) is 11.2. The number of rotatable bonds is 9. The molecule has 2 aromatic rings. The lowest BCUT2D eigenvalue weighted by molar-refractivity contribution is -0.138. The zero-order valence-corrected chi connectivity index (χ0v) is 18.4. The summed E-state index contributed by atoms with van der Waals surface area (Å²) in [4.78, 5) is 27.0. The maximum absolute atomic E-state index is 13.0. The van der Waals surface area contributed by atoms with Crippen molar-refractivity contribution >= 4 is 35.2 Å². The van der Waals surface area contributed by atoms with E-state index in [4.69, 9.17) is 11.6 Å². The molecule has 4 nitrogen and oxygen atoms in total. The summed E-state index contributed by atoms with van der Waals surface area (Å²) in [5.41, 5.74) is 1.80. The summed E-state index contributed by atoms with van der Waals surface area (Å²) in [5.74, 6) is 0.191. The Morgan fingerprint density at radius 1 is 1.10 bits per heavy atom. The van der Waals surface area contributed by atoms with E-state index in [9.17, 15) is 14.0 Å². The number of carbonyl (C=O) groups excluding carboxylic acids is 2. The smallest absolute Gasteiger partial charge is 0.242 e. The summed E-state index contributed by atoms with van der Waals surface area (Å²) in [5, 5.41) is 3.44. The lowest BCUT2D eigenvalue weighted by Crippen LogP contribution is -2.49. The Morgan fingerprint density at radius 2 is 1.79 bits per heavy atom. The molecule has 7 heteroatoms. The molecule has 2 rings (SSSR count). The van der Waals surface area contributed by atoms with Crippen LogP contribution in [0.5, 0.6) is 0 Å². The molecule has 0 unspecified atom stereocenters. The molecule has 0 aliphatic carbocycles. The van der Waals surface area contributed by atoms with Crippen molar-refractivity contribution in [3.05, 3.63) is 70.5 Å². The van der Waals surface area contributed by atoms with Gasteiger partial charge in [0.15, 0.2) is 0 Å². The van der Waals surface area contributed by atoms with Crippen molar-refractivity contribution in [2.45, 2.75) is 45.2 Å². The zero-order valence-electron chi connectivity index (χ0n) is 16.8. The second-order valence-electron chi connectivity index (χ2n) is 7.11. The molecule has 0 spiro atoms. The van der Waals surface area contributed by atoms with E-state index in [1.54, 1.807) is 36.1 Å². The topological polar surface area (TPSA) is 49.4 Å². The Labute approximate surface area is 180 Å². The van der Waals surface area contributed by atoms with Crippen LogP contribution in [-0.2, 0) is 21.9 Å². The summed E-state index contributed by atoms with van der Waals surface area (Å²) in [7, 11) is 0. The predicted octanol–water partition coefficient (Wildman–Crippen LogP) is 4.65. The highest BCUT2D eigenvalue weighted by molar-refractivity contribution is 7.99. The maximum Gasteiger partial charge on any atom is 0.242 e. The average molecular weight is 437 g/mol. The van der Waals surface area contributed by atoms with Crippen molar-refractivity contribution in [3.63, 3.8) is 0 Å². The van der Waals surface area contributed by atoms with Crippen LogP contribution in [-0.4, -0.2) is 34.6 Å². The van der Waals surface area contributed by atoms with Gasteiger partial charge < -0.3 is 10.2 Å². The summed E-state index contributed by atoms with van der Waals surface area (Å²) in [6.45, 7) is 5.78. The van der Waals surface area contributed by atoms with Crippen LogP contribution in [0.2, 0.25) is 5.02 Å². The number of benzene rings is 2. The molecule has 0 aliphatic heterocycles. The van der Waals surface area contributed by atoms with Gasteiger partial charge in [-0.15, -0.1) is 11.8 Å². The minimum absolute atomic E-state index is 0.0130. The van der Waals surface area contributed by atoms with Crippen LogP contribution in [0.15, 0.2) is 48.5 Å². The van der Waals surface area contributed by atoms with Crippen molar-refractivity contribution in [1.82, 2.24) is 10.2 Å². The van der Waals surface area contributed by atoms with Crippen molar-refractivity contribution in [2.24, 2.45) is 0 Å². The number of nitrogens with zero attached hydrogens (tertiary/aromatic N) is 1. The lowest BCUT2D eigenvalue weighted by atomic mass is 10.1. The predicted molar refractivity (Wildman–Crippen MR) is 117 cm³/mol. The quantitative estimate of drug-likeness (QED) is 0.622. The highest BCUT2D eigenvalue weighted by Gasteiger charge is 2.26. The van der Waals surface area contributed by atoms with Crippen LogP contribution in [0.4, 0.5) is 4.39 Å². The minimum atomic E-state index is -0.615. The van der Waals surface area contributed by atoms with E-state index in [2.05, 4.69) is 5.32 Å². The molecule has 0 aromatic heterocycles. The monoisotopic (exact) mass is 436 g/mol. The molecule has 0 fully saturated rings. The zero-order chi connectivity index (χ0) is 21.4. The van der Waals surface area contributed by atoms with Gasteiger partial charge in [0.2, 0.25) is 11.8 Å². The van der Waals surface area contributed by atoms with Crippen LogP contribution in [0, 0.1) is 5.82 Å². The molecule has 1 atom stereocenters. The fourth-order valence-corrected chi connectivity index (χ4v) is 3.82. The van der Waals surface area contributed by atoms with Gasteiger partial charge in [-0.1, -0.05) is 35.9 Å². The van der Waals surface area contributed by atoms with Gasteiger partial charge in [0.1, 0.15) is 11.9 Å². The normalized spacial score (nSPS) is 11.9. The first-order chi connectivity index (χ1) is 13.8. The molecule has 156 valence electrons. The van der Waals surface area contributed by atoms with Crippen molar-refractivity contribution < 1.29 is 14.0 Å². The Bertz CT molecular complexity index is 830. The van der Waals surface area contributed by atoms with E-state index in [0.29, 0.717) is 17.3 Å². The van der Waals surface area contributed by atoms with E-state index in [-0.39, 0.29) is 29.4 Å². The summed E-state index contributed by atoms with van der Waals surface area (Å²) < 4.78 is 13.0. The molecule has 1 N–H and O–H groups in total. The van der Waals surface area contributed by atoms with Gasteiger partial charge >= 0.3 is 0 Å². The lowest BCUT2D eigenvalue weighted by Gasteiger charge is -2.29. The van der Waals surface area contributed by atoms with Crippen molar-refractivity contribution in [2.75, 3.05) is 5.75 Å². The number of hydrogen-bond acceptors (Lipinski definition) is 3. The Balaban J connectivity index is 2.06. The third-order valence-electron chi connectivity index (χ3n) is 4.25. The number of carbonyl (C=O) groups is 2. The van der Waals surface area contributed by atoms with Gasteiger partial charge in [-0.25, -0.2) is 4.39 Å². The van der Waals surface area contributed by atoms with Crippen LogP contribution in [0.1, 0.15) is 31.9 Å². The fourth-order valence-electron chi connectivity index (χ4n) is 2.74. The summed E-state index contributed by atoms with van der Waals surface area (Å²) in [6, 6.07) is 12.8. The Hall–Kier alpha value is -2.05. The molecular weight excluding hydrogens is 411 g/mol. The van der Waals surface area contributed by atoms with Crippen molar-refractivity contribution in [1.29, 1.82) is 0 Å². The number of halogens is 2. The SMILES string of the molecule is CC(C)NC(=O)[C@H](C)N(Cc1cccc(Cl)c1)C(=O)CSCc1ccc(F)cc1. The van der Waals surface area contributed by atoms with Gasteiger partial charge in [0.05, 0.1) is 5.75 Å². The van der Waals surface area contributed by atoms with E-state index in [1.165, 1.54) is 23.9 Å². The first-order valence-corrected chi connectivity index (χ1v) is 11.0. The molecule has 29 heavy (non-hydrogen) atoms. The maximum atomic E-state index is 13.0. The molecule has 0 aliphatic rings. The largest absolute Gasteiger partial charge is 0.352 e. The van der Waals surface area contributed by atoms with Crippen molar-refractivity contribution in [3.8, 4) is 0 Å². The highest BCUT2D eigenvalue weighted by atomic mass is 35.5. The molecule has 2 aromatic carbocycles. The highest BCUT2D eigenvalue weighted by Crippen LogP contribution is 2.18. The van der Waals surface area contributed by atoms with E-state index < -0.39 is 6.04 Å². The van der Waals surface area contributed by atoms with Gasteiger partial charge in [-0.3, -0.25) is 9.59 Å². The van der Waals surface area contributed by atoms with E-state index >= 15 is 0 Å². The van der Waals surface area contributed by atoms with Gasteiger partial charge in [-0.05, 0) is 56.2 Å². The van der Waals surface area contributed by atoms with Gasteiger partial charge in [0, 0.05) is 23.4 Å². The van der Waals surface area contributed by atoms with Gasteiger partial charge in [-0.2, -0.15) is 0 Å². The third-order valence-corrected chi connectivity index (χ3v) is 5.47. The van der Waals surface area contributed by atoms with E-state index in [1.807, 2.05) is 26.0 Å². The molecule has 0 saturated carbocycles. The molecular formula is C22H26ClFN2O2S. The number of thioether (sulfide) groups is 1. The van der Waals surface area contributed by atoms with Crippen LogP contribution < -0.4 is 5.32 Å². The first-order valence-electron chi connectivity index (χ1n) is 9.42. The first kappa shape index (κ1) is 23.2. The molecule has 0 radical (unpaired) electrons. The second-order valence-corrected chi connectivity index (χ2v) is 8.53. The standard InChI is InChI=1S/C22H26ClFN2O2S/c1-15(2)25-22(28)16(3)26(12-18-5-4-6-19(23)11-18)21(27)14-29-13-17-7-9-20(24)10-8-17/h4-11,15-16H,12-14H2,1-3H3,(H,25,28)/t16-/m0/s1.